The predicted octanol–water partition coefficient (Wildman–Crippen LogP) is 3.71. The molecule has 20 heavy (non-hydrogen) atoms. The second-order valence-corrected chi connectivity index (χ2v) is 4.74. The van der Waals surface area contributed by atoms with Gasteiger partial charge in [-0.15, -0.1) is 0 Å². The van der Waals surface area contributed by atoms with Crippen LogP contribution in [0, 0.1) is 11.3 Å². The number of carbonyl (C=O) groups is 1. The molecule has 0 saturated heterocycles. The van der Waals surface area contributed by atoms with Crippen molar-refractivity contribution < 1.29 is 4.79 Å². The van der Waals surface area contributed by atoms with Gasteiger partial charge in [-0.1, -0.05) is 35.3 Å². The molecule has 0 aliphatic carbocycles. The fraction of sp³-hybridized carbons (Fsp3) is 0.0714. The number of anilines is 1. The number of hydrogen-bond acceptors (Lipinski definition) is 3. The summed E-state index contributed by atoms with van der Waals surface area (Å²) in [5, 5.41) is 11.7. The molecule has 0 unspecified atom stereocenters. The summed E-state index contributed by atoms with van der Waals surface area (Å²) in [6.45, 7) is 0. The summed E-state index contributed by atoms with van der Waals surface area (Å²) >= 11 is 11.6. The molecule has 1 aromatic heterocycles. The summed E-state index contributed by atoms with van der Waals surface area (Å²) < 4.78 is 0. The number of benzene rings is 1. The van der Waals surface area contributed by atoms with Crippen LogP contribution >= 0.6 is 23.2 Å². The molecule has 0 fully saturated rings. The van der Waals surface area contributed by atoms with E-state index in [1.165, 1.54) is 12.1 Å². The zero-order chi connectivity index (χ0) is 14.5. The van der Waals surface area contributed by atoms with Crippen LogP contribution < -0.4 is 5.32 Å². The maximum Gasteiger partial charge on any atom is 0.275 e. The van der Waals surface area contributed by atoms with Crippen LogP contribution in [0.4, 0.5) is 5.69 Å². The molecule has 1 amide bonds. The summed E-state index contributed by atoms with van der Waals surface area (Å²) in [6.07, 6.45) is 0.329. The maximum absolute atomic E-state index is 12.0. The topological polar surface area (TPSA) is 65.8 Å². The van der Waals surface area contributed by atoms with E-state index in [2.05, 4.69) is 16.4 Å². The summed E-state index contributed by atoms with van der Waals surface area (Å²) in [4.78, 5) is 15.9. The number of nitrogens with one attached hydrogen (secondary N) is 1. The van der Waals surface area contributed by atoms with Crippen molar-refractivity contribution >= 4 is 34.8 Å². The molecule has 0 saturated carbocycles. The first kappa shape index (κ1) is 14.3. The van der Waals surface area contributed by atoms with Crippen LogP contribution in [0.15, 0.2) is 36.4 Å². The van der Waals surface area contributed by atoms with E-state index in [1.807, 2.05) is 0 Å². The minimum absolute atomic E-state index is 0.0697. The maximum atomic E-state index is 12.0. The SMILES string of the molecule is N#CCc1ccc(NC(=O)c2nc(Cl)ccc2Cl)cc1. The second kappa shape index (κ2) is 6.38. The van der Waals surface area contributed by atoms with E-state index in [9.17, 15) is 4.79 Å². The van der Waals surface area contributed by atoms with Gasteiger partial charge in [0.2, 0.25) is 0 Å². The number of carbonyl (C=O) groups excluding carboxylic acids is 1. The van der Waals surface area contributed by atoms with Crippen molar-refractivity contribution in [2.45, 2.75) is 6.42 Å². The second-order valence-electron chi connectivity index (χ2n) is 3.95. The lowest BCUT2D eigenvalue weighted by atomic mass is 10.1. The minimum Gasteiger partial charge on any atom is -0.321 e. The lowest BCUT2D eigenvalue weighted by Gasteiger charge is -2.06. The summed E-state index contributed by atoms with van der Waals surface area (Å²) in [5.74, 6) is -0.439. The van der Waals surface area contributed by atoms with E-state index in [0.717, 1.165) is 5.56 Å². The van der Waals surface area contributed by atoms with Crippen LogP contribution in [-0.2, 0) is 6.42 Å². The van der Waals surface area contributed by atoms with Crippen molar-refractivity contribution in [1.82, 2.24) is 4.98 Å². The number of rotatable bonds is 3. The molecule has 0 aliphatic rings. The van der Waals surface area contributed by atoms with Crippen molar-refractivity contribution in [3.05, 3.63) is 57.8 Å². The normalized spacial score (nSPS) is 9.85. The molecule has 4 nitrogen and oxygen atoms in total. The standard InChI is InChI=1S/C14H9Cl2N3O/c15-11-5-6-12(16)19-13(11)14(20)18-10-3-1-9(2-4-10)7-8-17/h1-6H,7H2,(H,18,20). The van der Waals surface area contributed by atoms with Crippen LogP contribution in [0.2, 0.25) is 10.2 Å². The number of hydrogen-bond donors (Lipinski definition) is 1. The average Bonchev–Trinajstić information content (AvgIpc) is 2.44. The Kier molecular flexibility index (Phi) is 4.57. The molecule has 1 heterocycles. The highest BCUT2D eigenvalue weighted by Gasteiger charge is 2.13. The van der Waals surface area contributed by atoms with Gasteiger partial charge >= 0.3 is 0 Å². The summed E-state index contributed by atoms with van der Waals surface area (Å²) in [5.41, 5.74) is 1.54. The van der Waals surface area contributed by atoms with Gasteiger partial charge < -0.3 is 5.32 Å². The van der Waals surface area contributed by atoms with E-state index < -0.39 is 5.91 Å². The molecule has 0 bridgehead atoms. The molecular formula is C14H9Cl2N3O. The van der Waals surface area contributed by atoms with Crippen LogP contribution in [0.3, 0.4) is 0 Å². The minimum atomic E-state index is -0.439. The average molecular weight is 306 g/mol. The smallest absolute Gasteiger partial charge is 0.275 e. The number of pyridine rings is 1. The van der Waals surface area contributed by atoms with Gasteiger partial charge in [0.25, 0.3) is 5.91 Å². The van der Waals surface area contributed by atoms with Gasteiger partial charge in [0, 0.05) is 5.69 Å². The Balaban J connectivity index is 2.15. The van der Waals surface area contributed by atoms with Gasteiger partial charge in [0.05, 0.1) is 17.5 Å². The van der Waals surface area contributed by atoms with Gasteiger partial charge in [-0.05, 0) is 29.8 Å². The third-order valence-electron chi connectivity index (χ3n) is 2.52. The molecule has 0 aliphatic heterocycles. The zero-order valence-electron chi connectivity index (χ0n) is 10.2. The Morgan fingerprint density at radius 2 is 1.90 bits per heavy atom. The van der Waals surface area contributed by atoms with Gasteiger partial charge in [-0.25, -0.2) is 4.98 Å². The highest BCUT2D eigenvalue weighted by atomic mass is 35.5. The summed E-state index contributed by atoms with van der Waals surface area (Å²) in [6, 6.07) is 12.0. The lowest BCUT2D eigenvalue weighted by molar-refractivity contribution is 0.102. The first-order valence-electron chi connectivity index (χ1n) is 5.69. The molecule has 1 aromatic carbocycles. The Bertz CT molecular complexity index is 678. The Morgan fingerprint density at radius 3 is 2.55 bits per heavy atom. The van der Waals surface area contributed by atoms with E-state index >= 15 is 0 Å². The molecular weight excluding hydrogens is 297 g/mol. The highest BCUT2D eigenvalue weighted by Crippen LogP contribution is 2.18. The molecule has 6 heteroatoms. The number of nitrogens with zero attached hydrogens (tertiary/aromatic N) is 2. The molecule has 1 N–H and O–H groups in total. The van der Waals surface area contributed by atoms with Crippen LogP contribution in [0.5, 0.6) is 0 Å². The lowest BCUT2D eigenvalue weighted by Crippen LogP contribution is -2.14. The Labute approximate surface area is 126 Å². The largest absolute Gasteiger partial charge is 0.321 e. The number of halogens is 2. The highest BCUT2D eigenvalue weighted by molar-refractivity contribution is 6.35. The monoisotopic (exact) mass is 305 g/mol. The van der Waals surface area contributed by atoms with Crippen LogP contribution in [0.25, 0.3) is 0 Å². The van der Waals surface area contributed by atoms with Crippen molar-refractivity contribution in [2.24, 2.45) is 0 Å². The fourth-order valence-electron chi connectivity index (χ4n) is 1.57. The van der Waals surface area contributed by atoms with E-state index in [1.54, 1.807) is 24.3 Å². The van der Waals surface area contributed by atoms with E-state index in [-0.39, 0.29) is 15.9 Å². The van der Waals surface area contributed by atoms with Crippen LogP contribution in [0.1, 0.15) is 16.1 Å². The van der Waals surface area contributed by atoms with Crippen molar-refractivity contribution in [3.63, 3.8) is 0 Å². The van der Waals surface area contributed by atoms with Gasteiger partial charge in [-0.3, -0.25) is 4.79 Å². The number of nitriles is 1. The molecule has 0 spiro atoms. The van der Waals surface area contributed by atoms with E-state index in [4.69, 9.17) is 28.5 Å². The van der Waals surface area contributed by atoms with Crippen molar-refractivity contribution in [2.75, 3.05) is 5.32 Å². The molecule has 2 aromatic rings. The predicted molar refractivity (Wildman–Crippen MR) is 78.0 cm³/mol. The van der Waals surface area contributed by atoms with Gasteiger partial charge in [-0.2, -0.15) is 5.26 Å². The number of amides is 1. The quantitative estimate of drug-likeness (QED) is 0.879. The fourth-order valence-corrected chi connectivity index (χ4v) is 1.90. The first-order valence-corrected chi connectivity index (χ1v) is 6.45. The first-order chi connectivity index (χ1) is 9.60. The molecule has 100 valence electrons. The van der Waals surface area contributed by atoms with Crippen molar-refractivity contribution in [1.29, 1.82) is 5.26 Å². The molecule has 0 atom stereocenters. The number of aromatic nitrogens is 1. The zero-order valence-corrected chi connectivity index (χ0v) is 11.7. The third kappa shape index (κ3) is 3.47. The Hall–Kier alpha value is -2.09. The Morgan fingerprint density at radius 1 is 1.20 bits per heavy atom. The van der Waals surface area contributed by atoms with Gasteiger partial charge in [0.1, 0.15) is 10.8 Å². The third-order valence-corrected chi connectivity index (χ3v) is 3.04. The van der Waals surface area contributed by atoms with E-state index in [0.29, 0.717) is 12.1 Å². The summed E-state index contributed by atoms with van der Waals surface area (Å²) in [7, 11) is 0. The molecule has 2 rings (SSSR count). The van der Waals surface area contributed by atoms with Gasteiger partial charge in [0.15, 0.2) is 0 Å². The van der Waals surface area contributed by atoms with Crippen molar-refractivity contribution in [3.8, 4) is 6.07 Å². The molecule has 0 radical (unpaired) electrons. The van der Waals surface area contributed by atoms with Crippen LogP contribution in [-0.4, -0.2) is 10.9 Å².